The van der Waals surface area contributed by atoms with Crippen LogP contribution in [-0.2, 0) is 20.7 Å². The number of hydrogen-bond donors (Lipinski definition) is 1. The number of anilines is 1. The van der Waals surface area contributed by atoms with Crippen LogP contribution in [0.4, 0.5) is 5.69 Å². The Hall–Kier alpha value is -1.43. The van der Waals surface area contributed by atoms with Crippen LogP contribution in [0.3, 0.4) is 0 Å². The second-order valence-electron chi connectivity index (χ2n) is 7.17. The van der Waals surface area contributed by atoms with Gasteiger partial charge in [0.15, 0.2) is 0 Å². The van der Waals surface area contributed by atoms with Gasteiger partial charge >= 0.3 is 0 Å². The number of fused-ring (bicyclic) bond motifs is 1. The summed E-state index contributed by atoms with van der Waals surface area (Å²) in [5.74, 6) is 0.885. The number of carbonyl (C=O) groups is 1. The Morgan fingerprint density at radius 2 is 2.08 bits per heavy atom. The highest BCUT2D eigenvalue weighted by Gasteiger charge is 2.33. The minimum atomic E-state index is -0.0766. The highest BCUT2D eigenvalue weighted by molar-refractivity contribution is 5.96. The molecule has 2 atom stereocenters. The lowest BCUT2D eigenvalue weighted by Gasteiger charge is -2.37. The largest absolute Gasteiger partial charge is 0.378 e. The van der Waals surface area contributed by atoms with Gasteiger partial charge in [-0.2, -0.15) is 0 Å². The molecule has 0 spiro atoms. The van der Waals surface area contributed by atoms with Gasteiger partial charge in [-0.3, -0.25) is 9.69 Å². The molecule has 1 amide bonds. The Labute approximate surface area is 143 Å². The first-order valence-electron chi connectivity index (χ1n) is 9.12. The van der Waals surface area contributed by atoms with Crippen LogP contribution in [0.1, 0.15) is 24.8 Å². The number of carbonyl (C=O) groups excluding carboxylic acids is 1. The van der Waals surface area contributed by atoms with Crippen LogP contribution < -0.4 is 5.32 Å². The van der Waals surface area contributed by atoms with Crippen LogP contribution in [0.15, 0.2) is 24.3 Å². The van der Waals surface area contributed by atoms with Gasteiger partial charge in [0.25, 0.3) is 0 Å². The molecule has 5 heteroatoms. The summed E-state index contributed by atoms with van der Waals surface area (Å²) in [6, 6.07) is 8.02. The molecular weight excluding hydrogens is 304 g/mol. The first-order chi connectivity index (χ1) is 11.8. The second-order valence-corrected chi connectivity index (χ2v) is 7.17. The summed E-state index contributed by atoms with van der Waals surface area (Å²) in [4.78, 5) is 14.9. The molecular formula is C19H26N2O3. The van der Waals surface area contributed by atoms with E-state index in [1.54, 1.807) is 0 Å². The van der Waals surface area contributed by atoms with Crippen LogP contribution in [-0.4, -0.2) is 55.9 Å². The Morgan fingerprint density at radius 3 is 2.96 bits per heavy atom. The van der Waals surface area contributed by atoms with Gasteiger partial charge in [-0.1, -0.05) is 18.2 Å². The Morgan fingerprint density at radius 1 is 1.21 bits per heavy atom. The SMILES string of the molecule is O=C1Nc2ccccc2CC[C@H]1N1CCO[C@H](COCC2CC2)C1. The van der Waals surface area contributed by atoms with Crippen molar-refractivity contribution in [2.24, 2.45) is 5.92 Å². The number of nitrogens with zero attached hydrogens (tertiary/aromatic N) is 1. The van der Waals surface area contributed by atoms with E-state index in [0.717, 1.165) is 44.1 Å². The third-order valence-electron chi connectivity index (χ3n) is 5.23. The maximum Gasteiger partial charge on any atom is 0.241 e. The number of nitrogens with one attached hydrogen (secondary N) is 1. The van der Waals surface area contributed by atoms with E-state index < -0.39 is 0 Å². The molecule has 1 saturated carbocycles. The number of amides is 1. The standard InChI is InChI=1S/C19H26N2O3/c22-19-18(8-7-15-3-1-2-4-17(15)20-19)21-9-10-24-16(11-21)13-23-12-14-5-6-14/h1-4,14,16,18H,5-13H2,(H,20,22)/t16-,18+/m0/s1. The minimum Gasteiger partial charge on any atom is -0.378 e. The molecule has 1 aromatic carbocycles. The van der Waals surface area contributed by atoms with Gasteiger partial charge in [0, 0.05) is 25.4 Å². The molecule has 0 bridgehead atoms. The average Bonchev–Trinajstić information content (AvgIpc) is 3.42. The first-order valence-corrected chi connectivity index (χ1v) is 9.12. The van der Waals surface area contributed by atoms with E-state index in [1.165, 1.54) is 18.4 Å². The van der Waals surface area contributed by atoms with Crippen molar-refractivity contribution in [2.45, 2.75) is 37.8 Å². The zero-order chi connectivity index (χ0) is 16.4. The second kappa shape index (κ2) is 7.21. The number of benzene rings is 1. The fraction of sp³-hybridized carbons (Fsp3) is 0.632. The molecule has 1 aliphatic carbocycles. The molecule has 1 aromatic rings. The van der Waals surface area contributed by atoms with Crippen LogP contribution >= 0.6 is 0 Å². The van der Waals surface area contributed by atoms with E-state index in [1.807, 2.05) is 18.2 Å². The van der Waals surface area contributed by atoms with Crippen molar-refractivity contribution in [3.8, 4) is 0 Å². The Kier molecular flexibility index (Phi) is 4.83. The van der Waals surface area contributed by atoms with E-state index in [-0.39, 0.29) is 18.1 Å². The van der Waals surface area contributed by atoms with Crippen LogP contribution in [0.25, 0.3) is 0 Å². The summed E-state index contributed by atoms with van der Waals surface area (Å²) in [5.41, 5.74) is 2.19. The summed E-state index contributed by atoms with van der Waals surface area (Å²) in [6.07, 6.45) is 4.48. The number of aryl methyl sites for hydroxylation is 1. The summed E-state index contributed by atoms with van der Waals surface area (Å²) < 4.78 is 11.6. The summed E-state index contributed by atoms with van der Waals surface area (Å²) in [7, 11) is 0. The van der Waals surface area contributed by atoms with E-state index in [0.29, 0.717) is 13.2 Å². The molecule has 24 heavy (non-hydrogen) atoms. The third kappa shape index (κ3) is 3.79. The average molecular weight is 330 g/mol. The molecule has 5 nitrogen and oxygen atoms in total. The topological polar surface area (TPSA) is 50.8 Å². The van der Waals surface area contributed by atoms with Gasteiger partial charge in [0.05, 0.1) is 25.4 Å². The molecule has 0 aromatic heterocycles. The molecule has 130 valence electrons. The monoisotopic (exact) mass is 330 g/mol. The maximum atomic E-state index is 12.7. The van der Waals surface area contributed by atoms with Crippen LogP contribution in [0.5, 0.6) is 0 Å². The minimum absolute atomic E-state index is 0.0766. The third-order valence-corrected chi connectivity index (χ3v) is 5.23. The summed E-state index contributed by atoms with van der Waals surface area (Å²) in [5, 5.41) is 3.10. The lowest BCUT2D eigenvalue weighted by atomic mass is 10.0. The van der Waals surface area contributed by atoms with Crippen LogP contribution in [0.2, 0.25) is 0 Å². The van der Waals surface area contributed by atoms with Gasteiger partial charge < -0.3 is 14.8 Å². The van der Waals surface area contributed by atoms with Gasteiger partial charge in [-0.05, 0) is 43.2 Å². The predicted molar refractivity (Wildman–Crippen MR) is 92.0 cm³/mol. The summed E-state index contributed by atoms with van der Waals surface area (Å²) >= 11 is 0. The maximum absolute atomic E-state index is 12.7. The smallest absolute Gasteiger partial charge is 0.241 e. The normalized spacial score (nSPS) is 28.1. The van der Waals surface area contributed by atoms with Crippen molar-refractivity contribution in [3.63, 3.8) is 0 Å². The van der Waals surface area contributed by atoms with E-state index >= 15 is 0 Å². The molecule has 1 saturated heterocycles. The van der Waals surface area contributed by atoms with Gasteiger partial charge in [0.2, 0.25) is 5.91 Å². The molecule has 2 fully saturated rings. The van der Waals surface area contributed by atoms with Gasteiger partial charge in [-0.15, -0.1) is 0 Å². The van der Waals surface area contributed by atoms with E-state index in [4.69, 9.17) is 9.47 Å². The summed E-state index contributed by atoms with van der Waals surface area (Å²) in [6.45, 7) is 3.77. The molecule has 1 N–H and O–H groups in total. The van der Waals surface area contributed by atoms with Crippen molar-refractivity contribution in [2.75, 3.05) is 38.2 Å². The number of para-hydroxylation sites is 1. The highest BCUT2D eigenvalue weighted by Crippen LogP contribution is 2.29. The fourth-order valence-corrected chi connectivity index (χ4v) is 3.62. The Bertz CT molecular complexity index is 588. The quantitative estimate of drug-likeness (QED) is 0.898. The van der Waals surface area contributed by atoms with E-state index in [9.17, 15) is 4.79 Å². The number of hydrogen-bond acceptors (Lipinski definition) is 4. The zero-order valence-corrected chi connectivity index (χ0v) is 14.1. The predicted octanol–water partition coefficient (Wildman–Crippen LogP) is 2.07. The molecule has 2 heterocycles. The van der Waals surface area contributed by atoms with E-state index in [2.05, 4.69) is 16.3 Å². The van der Waals surface area contributed by atoms with Crippen molar-refractivity contribution < 1.29 is 14.3 Å². The van der Waals surface area contributed by atoms with Crippen LogP contribution in [0, 0.1) is 5.92 Å². The van der Waals surface area contributed by atoms with Crippen molar-refractivity contribution in [1.29, 1.82) is 0 Å². The molecule has 4 rings (SSSR count). The van der Waals surface area contributed by atoms with Crippen molar-refractivity contribution in [1.82, 2.24) is 4.90 Å². The first kappa shape index (κ1) is 16.1. The zero-order valence-electron chi connectivity index (χ0n) is 14.1. The van der Waals surface area contributed by atoms with Gasteiger partial charge in [0.1, 0.15) is 0 Å². The number of morpholine rings is 1. The van der Waals surface area contributed by atoms with Crippen molar-refractivity contribution in [3.05, 3.63) is 29.8 Å². The number of rotatable bonds is 5. The molecule has 3 aliphatic rings. The lowest BCUT2D eigenvalue weighted by Crippen LogP contribution is -2.52. The molecule has 2 aliphatic heterocycles. The lowest BCUT2D eigenvalue weighted by molar-refractivity contribution is -0.127. The van der Waals surface area contributed by atoms with Crippen molar-refractivity contribution >= 4 is 11.6 Å². The fourth-order valence-electron chi connectivity index (χ4n) is 3.62. The highest BCUT2D eigenvalue weighted by atomic mass is 16.5. The van der Waals surface area contributed by atoms with Gasteiger partial charge in [-0.25, -0.2) is 0 Å². The number of ether oxygens (including phenoxy) is 2. The molecule has 0 radical (unpaired) electrons. The Balaban J connectivity index is 1.35. The molecule has 0 unspecified atom stereocenters.